The lowest BCUT2D eigenvalue weighted by Crippen LogP contribution is -2.03. The van der Waals surface area contributed by atoms with Crippen molar-refractivity contribution < 1.29 is 14.6 Å². The Balaban J connectivity index is 2.58. The van der Waals surface area contributed by atoms with Crippen LogP contribution in [-0.4, -0.2) is 23.2 Å². The second-order valence-corrected chi connectivity index (χ2v) is 5.37. The molecule has 7 heteroatoms. The number of pyridine rings is 1. The minimum absolute atomic E-state index is 0.188. The summed E-state index contributed by atoms with van der Waals surface area (Å²) in [6.45, 7) is 0. The van der Waals surface area contributed by atoms with E-state index in [-0.39, 0.29) is 21.5 Å². The Morgan fingerprint density at radius 2 is 1.86 bits per heavy atom. The van der Waals surface area contributed by atoms with E-state index in [4.69, 9.17) is 44.6 Å². The molecule has 0 unspecified atom stereocenters. The third kappa shape index (κ3) is 3.59. The van der Waals surface area contributed by atoms with Crippen molar-refractivity contribution in [2.75, 3.05) is 7.11 Å². The number of hydrogen-bond donors (Lipinski definition) is 1. The maximum Gasteiger partial charge on any atom is 0.309 e. The van der Waals surface area contributed by atoms with Gasteiger partial charge in [-0.1, -0.05) is 34.8 Å². The number of ether oxygens (including phenoxy) is 1. The van der Waals surface area contributed by atoms with E-state index in [1.165, 1.54) is 7.11 Å². The highest BCUT2D eigenvalue weighted by molar-refractivity contribution is 6.48. The van der Waals surface area contributed by atoms with E-state index in [0.29, 0.717) is 22.7 Å². The van der Waals surface area contributed by atoms with Crippen LogP contribution in [-0.2, 0) is 11.2 Å². The molecule has 0 aliphatic rings. The van der Waals surface area contributed by atoms with Crippen molar-refractivity contribution in [1.29, 1.82) is 0 Å². The number of methoxy groups -OCH3 is 1. The largest absolute Gasteiger partial charge is 0.494 e. The van der Waals surface area contributed by atoms with Crippen LogP contribution in [0.3, 0.4) is 0 Å². The fraction of sp³-hybridized carbons (Fsp3) is 0.143. The predicted octanol–water partition coefficient (Wildman–Crippen LogP) is 4.34. The number of halogens is 3. The number of rotatable bonds is 4. The molecule has 1 heterocycles. The summed E-state index contributed by atoms with van der Waals surface area (Å²) in [6, 6.07) is 6.45. The highest BCUT2D eigenvalue weighted by Gasteiger charge is 2.14. The van der Waals surface area contributed by atoms with Crippen LogP contribution in [0.15, 0.2) is 24.3 Å². The Morgan fingerprint density at radius 3 is 2.38 bits per heavy atom. The molecule has 0 saturated carbocycles. The molecular formula is C14H10Cl3NO3. The van der Waals surface area contributed by atoms with Crippen LogP contribution >= 0.6 is 34.8 Å². The van der Waals surface area contributed by atoms with E-state index >= 15 is 0 Å². The van der Waals surface area contributed by atoms with Crippen molar-refractivity contribution in [2.45, 2.75) is 6.42 Å². The quantitative estimate of drug-likeness (QED) is 0.836. The van der Waals surface area contributed by atoms with Crippen LogP contribution in [0.4, 0.5) is 0 Å². The zero-order chi connectivity index (χ0) is 15.6. The normalized spacial score (nSPS) is 10.5. The second-order valence-electron chi connectivity index (χ2n) is 4.18. The molecule has 2 rings (SSSR count). The first-order chi connectivity index (χ1) is 9.92. The number of benzene rings is 1. The topological polar surface area (TPSA) is 59.4 Å². The van der Waals surface area contributed by atoms with Crippen LogP contribution in [0, 0.1) is 0 Å². The van der Waals surface area contributed by atoms with Gasteiger partial charge in [0, 0.05) is 5.56 Å². The number of aromatic nitrogens is 1. The molecule has 1 N–H and O–H groups in total. The van der Waals surface area contributed by atoms with Crippen molar-refractivity contribution in [3.05, 3.63) is 45.0 Å². The SMILES string of the molecule is COc1ccc(CC(=O)O)nc1-c1cc(Cl)c(Cl)c(Cl)c1. The van der Waals surface area contributed by atoms with E-state index in [2.05, 4.69) is 4.98 Å². The first-order valence-corrected chi connectivity index (χ1v) is 6.96. The molecular weight excluding hydrogens is 337 g/mol. The van der Waals surface area contributed by atoms with Crippen LogP contribution < -0.4 is 4.74 Å². The summed E-state index contributed by atoms with van der Waals surface area (Å²) in [7, 11) is 1.50. The highest BCUT2D eigenvalue weighted by Crippen LogP contribution is 2.37. The average molecular weight is 347 g/mol. The summed E-state index contributed by atoms with van der Waals surface area (Å²) in [5.41, 5.74) is 1.45. The minimum atomic E-state index is -0.967. The summed E-state index contributed by atoms with van der Waals surface area (Å²) in [6.07, 6.45) is -0.188. The Morgan fingerprint density at radius 1 is 1.24 bits per heavy atom. The fourth-order valence-corrected chi connectivity index (χ4v) is 2.40. The monoisotopic (exact) mass is 345 g/mol. The molecule has 0 bridgehead atoms. The smallest absolute Gasteiger partial charge is 0.309 e. The van der Waals surface area contributed by atoms with E-state index in [0.717, 1.165) is 0 Å². The van der Waals surface area contributed by atoms with Crippen LogP contribution in [0.5, 0.6) is 5.75 Å². The predicted molar refractivity (Wildman–Crippen MR) is 82.6 cm³/mol. The average Bonchev–Trinajstić information content (AvgIpc) is 2.43. The molecule has 1 aromatic heterocycles. The van der Waals surface area contributed by atoms with Gasteiger partial charge in [0.05, 0.1) is 34.3 Å². The third-order valence-electron chi connectivity index (χ3n) is 2.73. The molecule has 0 spiro atoms. The van der Waals surface area contributed by atoms with Crippen molar-refractivity contribution in [3.63, 3.8) is 0 Å². The maximum atomic E-state index is 10.8. The van der Waals surface area contributed by atoms with Crippen LogP contribution in [0.25, 0.3) is 11.3 Å². The lowest BCUT2D eigenvalue weighted by molar-refractivity contribution is -0.136. The van der Waals surface area contributed by atoms with Gasteiger partial charge >= 0.3 is 5.97 Å². The van der Waals surface area contributed by atoms with Crippen molar-refractivity contribution in [1.82, 2.24) is 4.98 Å². The fourth-order valence-electron chi connectivity index (χ4n) is 1.80. The van der Waals surface area contributed by atoms with Gasteiger partial charge in [0.25, 0.3) is 0 Å². The molecule has 21 heavy (non-hydrogen) atoms. The minimum Gasteiger partial charge on any atom is -0.494 e. The number of nitrogens with zero attached hydrogens (tertiary/aromatic N) is 1. The number of carbonyl (C=O) groups is 1. The Bertz CT molecular complexity index is 681. The molecule has 110 valence electrons. The van der Waals surface area contributed by atoms with Gasteiger partial charge in [0.2, 0.25) is 0 Å². The molecule has 0 saturated heterocycles. The molecule has 2 aromatic rings. The summed E-state index contributed by atoms with van der Waals surface area (Å²) < 4.78 is 5.24. The van der Waals surface area contributed by atoms with Crippen molar-refractivity contribution >= 4 is 40.8 Å². The maximum absolute atomic E-state index is 10.8. The zero-order valence-corrected chi connectivity index (χ0v) is 13.1. The molecule has 4 nitrogen and oxygen atoms in total. The standard InChI is InChI=1S/C14H10Cl3NO3/c1-21-11-3-2-8(6-12(19)20)18-14(11)7-4-9(15)13(17)10(16)5-7/h2-5H,6H2,1H3,(H,19,20). The summed E-state index contributed by atoms with van der Waals surface area (Å²) in [5.74, 6) is -0.482. The molecule has 1 aromatic carbocycles. The highest BCUT2D eigenvalue weighted by atomic mass is 35.5. The van der Waals surface area contributed by atoms with Gasteiger partial charge in [-0.05, 0) is 24.3 Å². The lowest BCUT2D eigenvalue weighted by atomic mass is 10.1. The van der Waals surface area contributed by atoms with Gasteiger partial charge in [0.15, 0.2) is 0 Å². The Hall–Kier alpha value is -1.49. The van der Waals surface area contributed by atoms with E-state index in [9.17, 15) is 4.79 Å². The van der Waals surface area contributed by atoms with E-state index in [1.54, 1.807) is 24.3 Å². The van der Waals surface area contributed by atoms with Gasteiger partial charge in [-0.25, -0.2) is 4.98 Å². The van der Waals surface area contributed by atoms with Gasteiger partial charge in [0.1, 0.15) is 11.4 Å². The Labute approximate surface area is 136 Å². The lowest BCUT2D eigenvalue weighted by Gasteiger charge is -2.11. The van der Waals surface area contributed by atoms with Crippen molar-refractivity contribution in [3.8, 4) is 17.0 Å². The number of carboxylic acid groups (broad SMARTS) is 1. The third-order valence-corrected chi connectivity index (χ3v) is 3.92. The molecule has 0 aliphatic heterocycles. The van der Waals surface area contributed by atoms with Gasteiger partial charge in [-0.2, -0.15) is 0 Å². The summed E-state index contributed by atoms with van der Waals surface area (Å²) in [4.78, 5) is 15.1. The summed E-state index contributed by atoms with van der Waals surface area (Å²) in [5, 5.41) is 9.67. The van der Waals surface area contributed by atoms with E-state index < -0.39 is 5.97 Å². The van der Waals surface area contributed by atoms with Gasteiger partial charge < -0.3 is 9.84 Å². The molecule has 0 amide bonds. The van der Waals surface area contributed by atoms with Crippen LogP contribution in [0.2, 0.25) is 15.1 Å². The molecule has 0 atom stereocenters. The Kier molecular flexibility index (Phi) is 4.93. The van der Waals surface area contributed by atoms with Gasteiger partial charge in [-0.15, -0.1) is 0 Å². The first kappa shape index (κ1) is 15.9. The van der Waals surface area contributed by atoms with Crippen LogP contribution in [0.1, 0.15) is 5.69 Å². The number of aliphatic carboxylic acids is 1. The number of hydrogen-bond acceptors (Lipinski definition) is 3. The number of carboxylic acids is 1. The molecule has 0 fully saturated rings. The van der Waals surface area contributed by atoms with E-state index in [1.807, 2.05) is 0 Å². The second kappa shape index (κ2) is 6.52. The van der Waals surface area contributed by atoms with Gasteiger partial charge in [-0.3, -0.25) is 4.79 Å². The molecule has 0 radical (unpaired) electrons. The first-order valence-electron chi connectivity index (χ1n) is 5.83. The molecule has 0 aliphatic carbocycles. The zero-order valence-electron chi connectivity index (χ0n) is 10.9. The summed E-state index contributed by atoms with van der Waals surface area (Å²) >= 11 is 17.9. The van der Waals surface area contributed by atoms with Crippen molar-refractivity contribution in [2.24, 2.45) is 0 Å².